The fourth-order valence-corrected chi connectivity index (χ4v) is 3.08. The van der Waals surface area contributed by atoms with E-state index in [1.807, 2.05) is 37.3 Å². The number of hydrogen-bond acceptors (Lipinski definition) is 2. The molecular weight excluding hydrogens is 343 g/mol. The van der Waals surface area contributed by atoms with Gasteiger partial charge in [-0.05, 0) is 24.1 Å². The van der Waals surface area contributed by atoms with Crippen LogP contribution in [0.15, 0.2) is 54.7 Å². The quantitative estimate of drug-likeness (QED) is 0.632. The number of fused-ring (bicyclic) bond motifs is 1. The molecule has 0 fully saturated rings. The van der Waals surface area contributed by atoms with Gasteiger partial charge in [0.25, 0.3) is 5.91 Å². The summed E-state index contributed by atoms with van der Waals surface area (Å²) in [5.41, 5.74) is 1.61. The van der Waals surface area contributed by atoms with Gasteiger partial charge in [0.15, 0.2) is 0 Å². The van der Waals surface area contributed by atoms with Crippen LogP contribution in [0.25, 0.3) is 10.8 Å². The molecule has 24 heavy (non-hydrogen) atoms. The highest BCUT2D eigenvalue weighted by Gasteiger charge is 2.15. The molecule has 0 aliphatic heterocycles. The van der Waals surface area contributed by atoms with Gasteiger partial charge in [-0.25, -0.2) is 4.98 Å². The van der Waals surface area contributed by atoms with Crippen LogP contribution >= 0.6 is 23.2 Å². The van der Waals surface area contributed by atoms with E-state index >= 15 is 0 Å². The van der Waals surface area contributed by atoms with Gasteiger partial charge in [0.1, 0.15) is 5.15 Å². The average molecular weight is 359 g/mol. The molecule has 0 aliphatic carbocycles. The summed E-state index contributed by atoms with van der Waals surface area (Å²) in [7, 11) is 0. The first-order valence-electron chi connectivity index (χ1n) is 7.69. The first-order chi connectivity index (χ1) is 11.6. The molecular formula is C19H16Cl2N2O. The first kappa shape index (κ1) is 16.7. The van der Waals surface area contributed by atoms with Crippen molar-refractivity contribution in [1.82, 2.24) is 10.3 Å². The fourth-order valence-electron chi connectivity index (χ4n) is 2.66. The topological polar surface area (TPSA) is 42.0 Å². The minimum atomic E-state index is -0.149. The number of carbonyl (C=O) groups excluding carboxylic acids is 1. The lowest BCUT2D eigenvalue weighted by molar-refractivity contribution is 0.0935. The van der Waals surface area contributed by atoms with E-state index in [1.165, 1.54) is 6.20 Å². The SMILES string of the molecule is CCC(NC(=O)c1ccc2c(Cl)cnc(Cl)c2c1)c1ccccc1. The van der Waals surface area contributed by atoms with Crippen molar-refractivity contribution in [2.75, 3.05) is 0 Å². The van der Waals surface area contributed by atoms with Gasteiger partial charge in [-0.3, -0.25) is 4.79 Å². The zero-order valence-electron chi connectivity index (χ0n) is 13.1. The number of amides is 1. The van der Waals surface area contributed by atoms with Crippen LogP contribution in [0.2, 0.25) is 10.2 Å². The van der Waals surface area contributed by atoms with E-state index in [9.17, 15) is 4.79 Å². The predicted molar refractivity (Wildman–Crippen MR) is 98.7 cm³/mol. The van der Waals surface area contributed by atoms with Gasteiger partial charge in [-0.2, -0.15) is 0 Å². The molecule has 1 heterocycles. The number of carbonyl (C=O) groups is 1. The third kappa shape index (κ3) is 3.37. The van der Waals surface area contributed by atoms with Crippen LogP contribution in [-0.2, 0) is 0 Å². The summed E-state index contributed by atoms with van der Waals surface area (Å²) in [5, 5.41) is 5.36. The van der Waals surface area contributed by atoms with Crippen LogP contribution in [0.4, 0.5) is 0 Å². The summed E-state index contributed by atoms with van der Waals surface area (Å²) in [5.74, 6) is -0.149. The third-order valence-electron chi connectivity index (χ3n) is 3.97. The van der Waals surface area contributed by atoms with E-state index in [0.29, 0.717) is 21.1 Å². The van der Waals surface area contributed by atoms with Crippen LogP contribution < -0.4 is 5.32 Å². The maximum atomic E-state index is 12.6. The third-order valence-corrected chi connectivity index (χ3v) is 4.57. The second-order valence-electron chi connectivity index (χ2n) is 5.50. The van der Waals surface area contributed by atoms with Gasteiger partial charge in [0.05, 0.1) is 11.1 Å². The van der Waals surface area contributed by atoms with Gasteiger partial charge in [-0.1, -0.05) is 66.5 Å². The fraction of sp³-hybridized carbons (Fsp3) is 0.158. The minimum absolute atomic E-state index is 0.0395. The molecule has 0 saturated carbocycles. The molecule has 3 aromatic rings. The van der Waals surface area contributed by atoms with Gasteiger partial charge in [-0.15, -0.1) is 0 Å². The molecule has 0 spiro atoms. The first-order valence-corrected chi connectivity index (χ1v) is 8.45. The molecule has 0 saturated heterocycles. The number of benzene rings is 2. The smallest absolute Gasteiger partial charge is 0.251 e. The Balaban J connectivity index is 1.90. The van der Waals surface area contributed by atoms with E-state index < -0.39 is 0 Å². The number of halogens is 2. The maximum Gasteiger partial charge on any atom is 0.251 e. The second kappa shape index (κ2) is 7.20. The molecule has 1 amide bonds. The van der Waals surface area contributed by atoms with E-state index in [0.717, 1.165) is 17.4 Å². The van der Waals surface area contributed by atoms with Gasteiger partial charge in [0.2, 0.25) is 0 Å². The molecule has 0 bridgehead atoms. The Morgan fingerprint density at radius 1 is 1.12 bits per heavy atom. The Bertz CT molecular complexity index is 881. The van der Waals surface area contributed by atoms with Crippen molar-refractivity contribution in [3.8, 4) is 0 Å². The largest absolute Gasteiger partial charge is 0.345 e. The number of hydrogen-bond donors (Lipinski definition) is 1. The van der Waals surface area contributed by atoms with E-state index in [4.69, 9.17) is 23.2 Å². The highest BCUT2D eigenvalue weighted by Crippen LogP contribution is 2.28. The van der Waals surface area contributed by atoms with E-state index in [-0.39, 0.29) is 11.9 Å². The molecule has 0 aliphatic rings. The molecule has 0 radical (unpaired) electrons. The Morgan fingerprint density at radius 3 is 2.58 bits per heavy atom. The van der Waals surface area contributed by atoms with Crippen molar-refractivity contribution in [1.29, 1.82) is 0 Å². The molecule has 1 aromatic heterocycles. The molecule has 3 rings (SSSR count). The molecule has 1 N–H and O–H groups in total. The van der Waals surface area contributed by atoms with Gasteiger partial charge < -0.3 is 5.32 Å². The zero-order chi connectivity index (χ0) is 17.1. The highest BCUT2D eigenvalue weighted by molar-refractivity contribution is 6.39. The van der Waals surface area contributed by atoms with Crippen LogP contribution in [0.1, 0.15) is 35.3 Å². The summed E-state index contributed by atoms with van der Waals surface area (Å²) >= 11 is 12.3. The molecule has 1 atom stereocenters. The number of nitrogens with zero attached hydrogens (tertiary/aromatic N) is 1. The van der Waals surface area contributed by atoms with Crippen molar-refractivity contribution in [3.05, 3.63) is 76.0 Å². The molecule has 122 valence electrons. The average Bonchev–Trinajstić information content (AvgIpc) is 2.63. The molecule has 5 heteroatoms. The lowest BCUT2D eigenvalue weighted by atomic mass is 10.0. The second-order valence-corrected chi connectivity index (χ2v) is 6.27. The monoisotopic (exact) mass is 358 g/mol. The minimum Gasteiger partial charge on any atom is -0.345 e. The zero-order valence-corrected chi connectivity index (χ0v) is 14.6. The van der Waals surface area contributed by atoms with Crippen molar-refractivity contribution < 1.29 is 4.79 Å². The summed E-state index contributed by atoms with van der Waals surface area (Å²) in [6.45, 7) is 2.04. The Kier molecular flexibility index (Phi) is 5.03. The molecule has 2 aromatic carbocycles. The van der Waals surface area contributed by atoms with E-state index in [2.05, 4.69) is 10.3 Å². The standard InChI is InChI=1S/C19H16Cl2N2O/c1-2-17(12-6-4-3-5-7-12)23-19(24)13-8-9-14-15(10-13)18(21)22-11-16(14)20/h3-11,17H,2H2,1H3,(H,23,24). The maximum absolute atomic E-state index is 12.6. The van der Waals surface area contributed by atoms with Crippen molar-refractivity contribution >= 4 is 39.9 Å². The molecule has 3 nitrogen and oxygen atoms in total. The normalized spacial score (nSPS) is 12.1. The Hall–Kier alpha value is -2.10. The number of pyridine rings is 1. The van der Waals surface area contributed by atoms with E-state index in [1.54, 1.807) is 18.2 Å². The van der Waals surface area contributed by atoms with Crippen LogP contribution in [0.5, 0.6) is 0 Å². The lowest BCUT2D eigenvalue weighted by Crippen LogP contribution is -2.28. The van der Waals surface area contributed by atoms with Crippen LogP contribution in [0.3, 0.4) is 0 Å². The number of nitrogens with one attached hydrogen (secondary N) is 1. The highest BCUT2D eigenvalue weighted by atomic mass is 35.5. The summed E-state index contributed by atoms with van der Waals surface area (Å²) in [6, 6.07) is 15.1. The summed E-state index contributed by atoms with van der Waals surface area (Å²) in [6.07, 6.45) is 2.31. The Morgan fingerprint density at radius 2 is 1.88 bits per heavy atom. The van der Waals surface area contributed by atoms with Crippen LogP contribution in [0, 0.1) is 0 Å². The summed E-state index contributed by atoms with van der Waals surface area (Å²) in [4.78, 5) is 16.7. The van der Waals surface area contributed by atoms with Crippen molar-refractivity contribution in [2.24, 2.45) is 0 Å². The van der Waals surface area contributed by atoms with Crippen LogP contribution in [-0.4, -0.2) is 10.9 Å². The summed E-state index contributed by atoms with van der Waals surface area (Å²) < 4.78 is 0. The number of rotatable bonds is 4. The van der Waals surface area contributed by atoms with Crippen molar-refractivity contribution in [2.45, 2.75) is 19.4 Å². The van der Waals surface area contributed by atoms with Crippen molar-refractivity contribution in [3.63, 3.8) is 0 Å². The lowest BCUT2D eigenvalue weighted by Gasteiger charge is -2.17. The Labute approximate surface area is 150 Å². The van der Waals surface area contributed by atoms with Gasteiger partial charge in [0, 0.05) is 22.5 Å². The number of aromatic nitrogens is 1. The van der Waals surface area contributed by atoms with Gasteiger partial charge >= 0.3 is 0 Å². The predicted octanol–water partition coefficient (Wildman–Crippen LogP) is 5.42. The molecule has 1 unspecified atom stereocenters.